The van der Waals surface area contributed by atoms with E-state index in [-0.39, 0.29) is 12.5 Å². The molecule has 2 aliphatic heterocycles. The lowest BCUT2D eigenvalue weighted by molar-refractivity contribution is -0.115. The molecule has 1 aromatic rings. The monoisotopic (exact) mass is 318 g/mol. The molecule has 0 aliphatic carbocycles. The van der Waals surface area contributed by atoms with Crippen LogP contribution in [0.4, 0.5) is 5.69 Å². The fourth-order valence-electron chi connectivity index (χ4n) is 3.74. The van der Waals surface area contributed by atoms with Gasteiger partial charge in [-0.05, 0) is 49.4 Å². The van der Waals surface area contributed by atoms with Gasteiger partial charge in [0.05, 0.1) is 12.5 Å². The van der Waals surface area contributed by atoms with Gasteiger partial charge in [-0.15, -0.1) is 0 Å². The molecule has 0 aromatic heterocycles. The third-order valence-corrected chi connectivity index (χ3v) is 5.04. The minimum absolute atomic E-state index is 0.0202. The van der Waals surface area contributed by atoms with Crippen molar-refractivity contribution in [3.63, 3.8) is 0 Å². The van der Waals surface area contributed by atoms with E-state index in [1.165, 1.54) is 12.8 Å². The Kier molecular flexibility index (Phi) is 5.30. The number of benzene rings is 1. The summed E-state index contributed by atoms with van der Waals surface area (Å²) in [6.45, 7) is 2.13. The zero-order valence-electron chi connectivity index (χ0n) is 13.5. The molecule has 126 valence electrons. The molecule has 3 rings (SSSR count). The predicted octanol–water partition coefficient (Wildman–Crippen LogP) is 1.84. The summed E-state index contributed by atoms with van der Waals surface area (Å²) in [5, 5.41) is 22.5. The van der Waals surface area contributed by atoms with Crippen LogP contribution >= 0.6 is 0 Å². The fraction of sp³-hybridized carbons (Fsp3) is 0.611. The highest BCUT2D eigenvalue weighted by molar-refractivity contribution is 5.99. The Morgan fingerprint density at radius 3 is 3.04 bits per heavy atom. The number of aliphatic hydroxyl groups is 2. The molecule has 0 saturated carbocycles. The van der Waals surface area contributed by atoms with Crippen LogP contribution in [0.1, 0.15) is 49.3 Å². The van der Waals surface area contributed by atoms with Crippen LogP contribution in [-0.4, -0.2) is 46.8 Å². The Labute approximate surface area is 137 Å². The van der Waals surface area contributed by atoms with E-state index in [1.807, 2.05) is 18.2 Å². The van der Waals surface area contributed by atoms with E-state index in [0.717, 1.165) is 42.7 Å². The second-order valence-electron chi connectivity index (χ2n) is 6.64. The maximum atomic E-state index is 11.4. The first kappa shape index (κ1) is 16.4. The lowest BCUT2D eigenvalue weighted by Gasteiger charge is -2.36. The van der Waals surface area contributed by atoms with E-state index < -0.39 is 6.10 Å². The predicted molar refractivity (Wildman–Crippen MR) is 89.3 cm³/mol. The van der Waals surface area contributed by atoms with Gasteiger partial charge in [0, 0.05) is 24.9 Å². The van der Waals surface area contributed by atoms with Gasteiger partial charge in [0.25, 0.3) is 0 Å². The van der Waals surface area contributed by atoms with Crippen molar-refractivity contribution in [3.8, 4) is 0 Å². The molecular formula is C18H26N2O3. The van der Waals surface area contributed by atoms with E-state index in [4.69, 9.17) is 0 Å². The molecule has 0 radical (unpaired) electrons. The number of rotatable bonds is 6. The van der Waals surface area contributed by atoms with Crippen LogP contribution in [0.15, 0.2) is 18.2 Å². The number of hydrogen-bond donors (Lipinski definition) is 3. The molecule has 5 heteroatoms. The second kappa shape index (κ2) is 7.43. The number of carbonyl (C=O) groups is 1. The van der Waals surface area contributed by atoms with Crippen LogP contribution in [-0.2, 0) is 11.2 Å². The van der Waals surface area contributed by atoms with E-state index in [2.05, 4.69) is 10.2 Å². The van der Waals surface area contributed by atoms with Gasteiger partial charge in [-0.25, -0.2) is 0 Å². The first-order chi connectivity index (χ1) is 11.2. The molecule has 1 fully saturated rings. The van der Waals surface area contributed by atoms with Crippen LogP contribution in [0.2, 0.25) is 0 Å². The van der Waals surface area contributed by atoms with Gasteiger partial charge in [-0.3, -0.25) is 4.79 Å². The van der Waals surface area contributed by atoms with Crippen molar-refractivity contribution in [3.05, 3.63) is 29.3 Å². The number of hydrogen-bond acceptors (Lipinski definition) is 4. The van der Waals surface area contributed by atoms with Crippen molar-refractivity contribution in [1.29, 1.82) is 0 Å². The number of anilines is 1. The average molecular weight is 318 g/mol. The third kappa shape index (κ3) is 3.91. The quantitative estimate of drug-likeness (QED) is 0.748. The lowest BCUT2D eigenvalue weighted by atomic mass is 9.97. The summed E-state index contributed by atoms with van der Waals surface area (Å²) in [5.74, 6) is 0.0202. The molecule has 1 aromatic carbocycles. The van der Waals surface area contributed by atoms with Crippen molar-refractivity contribution in [2.45, 2.75) is 50.7 Å². The van der Waals surface area contributed by atoms with Crippen molar-refractivity contribution in [2.75, 3.05) is 25.0 Å². The highest BCUT2D eigenvalue weighted by Gasteiger charge is 2.23. The molecule has 0 bridgehead atoms. The van der Waals surface area contributed by atoms with Crippen molar-refractivity contribution >= 4 is 11.6 Å². The molecule has 23 heavy (non-hydrogen) atoms. The van der Waals surface area contributed by atoms with E-state index >= 15 is 0 Å². The van der Waals surface area contributed by atoms with Crippen LogP contribution in [0.3, 0.4) is 0 Å². The Morgan fingerprint density at radius 1 is 1.35 bits per heavy atom. The molecule has 1 amide bonds. The van der Waals surface area contributed by atoms with Gasteiger partial charge in [-0.1, -0.05) is 18.6 Å². The van der Waals surface area contributed by atoms with Gasteiger partial charge in [-0.2, -0.15) is 0 Å². The highest BCUT2D eigenvalue weighted by atomic mass is 16.3. The zero-order valence-corrected chi connectivity index (χ0v) is 13.5. The average Bonchev–Trinajstić information content (AvgIpc) is 2.93. The fourth-order valence-corrected chi connectivity index (χ4v) is 3.74. The second-order valence-corrected chi connectivity index (χ2v) is 6.64. The number of likely N-dealkylation sites (tertiary alicyclic amines) is 1. The van der Waals surface area contributed by atoms with Gasteiger partial charge in [0.15, 0.2) is 0 Å². The van der Waals surface area contributed by atoms with Crippen LogP contribution in [0.5, 0.6) is 0 Å². The lowest BCUT2D eigenvalue weighted by Crippen LogP contribution is -2.41. The third-order valence-electron chi connectivity index (χ3n) is 5.04. The summed E-state index contributed by atoms with van der Waals surface area (Å²) in [7, 11) is 0. The van der Waals surface area contributed by atoms with Crippen LogP contribution in [0, 0.1) is 0 Å². The standard InChI is InChI=1S/C18H26N2O3/c21-10-7-15-3-1-2-8-20(15)9-6-17(22)13-4-5-16-14(11-13)12-18(23)19-16/h4-5,11,15,17,21-22H,1-3,6-10,12H2,(H,19,23). The highest BCUT2D eigenvalue weighted by Crippen LogP contribution is 2.28. The SMILES string of the molecule is O=C1Cc2cc(C(O)CCN3CCCCC3CCO)ccc2N1. The van der Waals surface area contributed by atoms with E-state index in [0.29, 0.717) is 18.9 Å². The first-order valence-corrected chi connectivity index (χ1v) is 8.63. The number of piperidine rings is 1. The smallest absolute Gasteiger partial charge is 0.228 e. The minimum Gasteiger partial charge on any atom is -0.396 e. The number of amides is 1. The Balaban J connectivity index is 1.57. The number of fused-ring (bicyclic) bond motifs is 1. The maximum Gasteiger partial charge on any atom is 0.228 e. The Morgan fingerprint density at radius 2 is 2.22 bits per heavy atom. The Hall–Kier alpha value is -1.43. The first-order valence-electron chi connectivity index (χ1n) is 8.63. The van der Waals surface area contributed by atoms with Crippen molar-refractivity contribution < 1.29 is 15.0 Å². The van der Waals surface area contributed by atoms with E-state index in [9.17, 15) is 15.0 Å². The number of carbonyl (C=O) groups excluding carboxylic acids is 1. The molecule has 2 atom stereocenters. The number of nitrogens with zero attached hydrogens (tertiary/aromatic N) is 1. The molecule has 0 spiro atoms. The van der Waals surface area contributed by atoms with Gasteiger partial charge in [0.1, 0.15) is 0 Å². The van der Waals surface area contributed by atoms with Gasteiger partial charge in [0.2, 0.25) is 5.91 Å². The number of aliphatic hydroxyl groups excluding tert-OH is 2. The molecule has 1 saturated heterocycles. The van der Waals surface area contributed by atoms with E-state index in [1.54, 1.807) is 0 Å². The van der Waals surface area contributed by atoms with Crippen LogP contribution < -0.4 is 5.32 Å². The largest absolute Gasteiger partial charge is 0.396 e. The molecule has 3 N–H and O–H groups in total. The summed E-state index contributed by atoms with van der Waals surface area (Å²) in [5.41, 5.74) is 2.73. The maximum absolute atomic E-state index is 11.4. The zero-order chi connectivity index (χ0) is 16.2. The van der Waals surface area contributed by atoms with Crippen molar-refractivity contribution in [1.82, 2.24) is 4.90 Å². The molecular weight excluding hydrogens is 292 g/mol. The number of nitrogens with one attached hydrogen (secondary N) is 1. The van der Waals surface area contributed by atoms with Crippen LogP contribution in [0.25, 0.3) is 0 Å². The summed E-state index contributed by atoms with van der Waals surface area (Å²) in [6.07, 6.45) is 4.97. The molecule has 2 aliphatic rings. The molecule has 5 nitrogen and oxygen atoms in total. The van der Waals surface area contributed by atoms with Crippen molar-refractivity contribution in [2.24, 2.45) is 0 Å². The summed E-state index contributed by atoms with van der Waals surface area (Å²) >= 11 is 0. The molecule has 2 heterocycles. The summed E-state index contributed by atoms with van der Waals surface area (Å²) in [6, 6.07) is 6.17. The summed E-state index contributed by atoms with van der Waals surface area (Å²) < 4.78 is 0. The van der Waals surface area contributed by atoms with Gasteiger partial charge < -0.3 is 20.4 Å². The summed E-state index contributed by atoms with van der Waals surface area (Å²) in [4.78, 5) is 13.8. The minimum atomic E-state index is -0.507. The Bertz CT molecular complexity index is 559. The molecule has 2 unspecified atom stereocenters. The van der Waals surface area contributed by atoms with Gasteiger partial charge >= 0.3 is 0 Å². The topological polar surface area (TPSA) is 72.8 Å². The normalized spacial score (nSPS) is 22.7.